The predicted molar refractivity (Wildman–Crippen MR) is 37.3 cm³/mol. The van der Waals surface area contributed by atoms with E-state index in [1.165, 1.54) is 5.01 Å². The summed E-state index contributed by atoms with van der Waals surface area (Å²) in [7, 11) is 0. The van der Waals surface area contributed by atoms with Crippen LogP contribution in [0.15, 0.2) is 12.3 Å². The van der Waals surface area contributed by atoms with Crippen molar-refractivity contribution in [3.05, 3.63) is 12.3 Å². The molecule has 0 aromatic carbocycles. The van der Waals surface area contributed by atoms with Crippen molar-refractivity contribution in [2.45, 2.75) is 12.8 Å². The van der Waals surface area contributed by atoms with Gasteiger partial charge in [-0.05, 0) is 6.42 Å². The Balaban J connectivity index is 2.66. The summed E-state index contributed by atoms with van der Waals surface area (Å²) in [5.41, 5.74) is 0.787. The number of nitrogens with one attached hydrogen (secondary N) is 1. The van der Waals surface area contributed by atoms with Crippen LogP contribution in [0.4, 0.5) is 0 Å². The zero-order chi connectivity index (χ0) is 6.85. The molecule has 1 fully saturated rings. The molecule has 0 aliphatic carbocycles. The Morgan fingerprint density at radius 2 is 2.33 bits per heavy atom. The molecule has 1 aliphatic rings. The van der Waals surface area contributed by atoms with Crippen LogP contribution in [-0.2, 0) is 4.79 Å². The summed E-state index contributed by atoms with van der Waals surface area (Å²) in [5.74, 6) is 0.0370. The molecule has 1 heterocycles. The topological polar surface area (TPSA) is 32.3 Å². The molecule has 1 rings (SSSR count). The van der Waals surface area contributed by atoms with E-state index in [9.17, 15) is 4.79 Å². The SMILES string of the molecule is C=C1CCC(=O)N1NS. The molecular formula is C5H8N2OS. The lowest BCUT2D eigenvalue weighted by Gasteiger charge is -2.12. The summed E-state index contributed by atoms with van der Waals surface area (Å²) in [5, 5.41) is 1.35. The van der Waals surface area contributed by atoms with Gasteiger partial charge in [-0.25, -0.2) is 5.01 Å². The van der Waals surface area contributed by atoms with Crippen molar-refractivity contribution < 1.29 is 4.79 Å². The van der Waals surface area contributed by atoms with Gasteiger partial charge in [-0.2, -0.15) is 4.83 Å². The third-order valence-corrected chi connectivity index (χ3v) is 1.49. The van der Waals surface area contributed by atoms with Crippen LogP contribution in [-0.4, -0.2) is 10.9 Å². The first-order valence-electron chi connectivity index (χ1n) is 2.66. The van der Waals surface area contributed by atoms with Crippen LogP contribution in [0.3, 0.4) is 0 Å². The van der Waals surface area contributed by atoms with Crippen molar-refractivity contribution in [3.8, 4) is 0 Å². The molecule has 1 amide bonds. The number of hydrogen-bond acceptors (Lipinski definition) is 3. The number of rotatable bonds is 1. The molecule has 0 aromatic heterocycles. The maximum atomic E-state index is 10.8. The number of nitrogens with zero attached hydrogens (tertiary/aromatic N) is 1. The summed E-state index contributed by atoms with van der Waals surface area (Å²) >= 11 is 3.73. The van der Waals surface area contributed by atoms with Gasteiger partial charge >= 0.3 is 0 Å². The van der Waals surface area contributed by atoms with Gasteiger partial charge in [0.1, 0.15) is 0 Å². The molecule has 0 unspecified atom stereocenters. The first-order chi connectivity index (χ1) is 4.25. The number of allylic oxidation sites excluding steroid dienone is 1. The average Bonchev–Trinajstić information content (AvgIpc) is 2.12. The monoisotopic (exact) mass is 144 g/mol. The Morgan fingerprint density at radius 3 is 2.56 bits per heavy atom. The molecule has 3 nitrogen and oxygen atoms in total. The zero-order valence-corrected chi connectivity index (χ0v) is 5.82. The maximum absolute atomic E-state index is 10.8. The third-order valence-electron chi connectivity index (χ3n) is 1.29. The summed E-state index contributed by atoms with van der Waals surface area (Å²) in [6, 6.07) is 0. The number of carbonyl (C=O) groups is 1. The minimum atomic E-state index is 0.0370. The van der Waals surface area contributed by atoms with Crippen LogP contribution in [0.1, 0.15) is 12.8 Å². The largest absolute Gasteiger partial charge is 0.273 e. The molecule has 50 valence electrons. The highest BCUT2D eigenvalue weighted by Crippen LogP contribution is 2.17. The van der Waals surface area contributed by atoms with E-state index in [1.807, 2.05) is 0 Å². The second-order valence-corrected chi connectivity index (χ2v) is 2.10. The van der Waals surface area contributed by atoms with E-state index in [-0.39, 0.29) is 5.91 Å². The first kappa shape index (κ1) is 6.64. The van der Waals surface area contributed by atoms with Crippen LogP contribution in [0, 0.1) is 0 Å². The normalized spacial score (nSPS) is 19.4. The van der Waals surface area contributed by atoms with Gasteiger partial charge in [-0.15, -0.1) is 0 Å². The van der Waals surface area contributed by atoms with E-state index in [2.05, 4.69) is 24.2 Å². The van der Waals surface area contributed by atoms with Crippen LogP contribution >= 0.6 is 12.8 Å². The fourth-order valence-corrected chi connectivity index (χ4v) is 1.03. The molecular weight excluding hydrogens is 136 g/mol. The maximum Gasteiger partial charge on any atom is 0.242 e. The summed E-state index contributed by atoms with van der Waals surface area (Å²) < 4.78 is 0. The number of hydrogen-bond donors (Lipinski definition) is 2. The predicted octanol–water partition coefficient (Wildman–Crippen LogP) is 0.472. The first-order valence-corrected chi connectivity index (χ1v) is 3.11. The number of carbonyl (C=O) groups excluding carboxylic acids is 1. The minimum absolute atomic E-state index is 0.0370. The van der Waals surface area contributed by atoms with Crippen molar-refractivity contribution in [2.75, 3.05) is 0 Å². The molecule has 0 radical (unpaired) electrons. The van der Waals surface area contributed by atoms with E-state index in [4.69, 9.17) is 0 Å². The lowest BCUT2D eigenvalue weighted by Crippen LogP contribution is -2.30. The van der Waals surface area contributed by atoms with Crippen molar-refractivity contribution >= 4 is 18.7 Å². The lowest BCUT2D eigenvalue weighted by atomic mass is 10.3. The van der Waals surface area contributed by atoms with E-state index >= 15 is 0 Å². The van der Waals surface area contributed by atoms with Crippen molar-refractivity contribution in [3.63, 3.8) is 0 Å². The van der Waals surface area contributed by atoms with Crippen LogP contribution < -0.4 is 4.83 Å². The van der Waals surface area contributed by atoms with Gasteiger partial charge in [0.25, 0.3) is 0 Å². The molecule has 1 aliphatic heterocycles. The molecule has 0 bridgehead atoms. The molecule has 9 heavy (non-hydrogen) atoms. The Hall–Kier alpha value is -0.480. The molecule has 0 atom stereocenters. The molecule has 1 N–H and O–H groups in total. The minimum Gasteiger partial charge on any atom is -0.273 e. The molecule has 0 saturated carbocycles. The Kier molecular flexibility index (Phi) is 1.78. The van der Waals surface area contributed by atoms with Gasteiger partial charge < -0.3 is 0 Å². The van der Waals surface area contributed by atoms with Gasteiger partial charge in [-0.3, -0.25) is 4.79 Å². The summed E-state index contributed by atoms with van der Waals surface area (Å²) in [6.07, 6.45) is 1.29. The van der Waals surface area contributed by atoms with E-state index in [1.54, 1.807) is 0 Å². The van der Waals surface area contributed by atoms with Crippen molar-refractivity contribution in [1.82, 2.24) is 9.84 Å². The zero-order valence-electron chi connectivity index (χ0n) is 4.92. The van der Waals surface area contributed by atoms with Crippen LogP contribution in [0.2, 0.25) is 0 Å². The summed E-state index contributed by atoms with van der Waals surface area (Å²) in [4.78, 5) is 13.2. The number of thiol groups is 1. The smallest absolute Gasteiger partial charge is 0.242 e. The second-order valence-electron chi connectivity index (χ2n) is 1.90. The Morgan fingerprint density at radius 1 is 1.67 bits per heavy atom. The van der Waals surface area contributed by atoms with Crippen molar-refractivity contribution in [1.29, 1.82) is 0 Å². The fourth-order valence-electron chi connectivity index (χ4n) is 0.778. The highest BCUT2D eigenvalue weighted by atomic mass is 32.1. The summed E-state index contributed by atoms with van der Waals surface area (Å²) in [6.45, 7) is 3.65. The van der Waals surface area contributed by atoms with Gasteiger partial charge in [0.05, 0.1) is 0 Å². The molecule has 1 saturated heterocycles. The second kappa shape index (κ2) is 2.41. The van der Waals surface area contributed by atoms with E-state index < -0.39 is 0 Å². The number of hydrazine groups is 1. The van der Waals surface area contributed by atoms with E-state index in [0.717, 1.165) is 12.1 Å². The average molecular weight is 144 g/mol. The fraction of sp³-hybridized carbons (Fsp3) is 0.400. The molecule has 0 aromatic rings. The van der Waals surface area contributed by atoms with Gasteiger partial charge in [0, 0.05) is 12.1 Å². The highest BCUT2D eigenvalue weighted by Gasteiger charge is 2.22. The van der Waals surface area contributed by atoms with Crippen LogP contribution in [0.5, 0.6) is 0 Å². The standard InChI is InChI=1S/C5H8N2OS/c1-4-2-3-5(8)7(4)6-9/h6,9H,1-3H2. The lowest BCUT2D eigenvalue weighted by molar-refractivity contribution is -0.127. The van der Waals surface area contributed by atoms with Gasteiger partial charge in [0.15, 0.2) is 0 Å². The van der Waals surface area contributed by atoms with Crippen molar-refractivity contribution in [2.24, 2.45) is 0 Å². The highest BCUT2D eigenvalue weighted by molar-refractivity contribution is 7.78. The van der Waals surface area contributed by atoms with Gasteiger partial charge in [-0.1, -0.05) is 19.4 Å². The molecule has 0 spiro atoms. The third kappa shape index (κ3) is 1.09. The van der Waals surface area contributed by atoms with Crippen LogP contribution in [0.25, 0.3) is 0 Å². The quantitative estimate of drug-likeness (QED) is 0.524. The Labute approximate surface area is 59.2 Å². The van der Waals surface area contributed by atoms with E-state index in [0.29, 0.717) is 6.42 Å². The number of amides is 1. The Bertz CT molecular complexity index is 141. The van der Waals surface area contributed by atoms with Gasteiger partial charge in [0.2, 0.25) is 5.91 Å². The molecule has 4 heteroatoms.